The summed E-state index contributed by atoms with van der Waals surface area (Å²) in [7, 11) is 0. The van der Waals surface area contributed by atoms with Crippen molar-refractivity contribution in [3.05, 3.63) is 24.5 Å². The van der Waals surface area contributed by atoms with Crippen molar-refractivity contribution in [1.29, 1.82) is 0 Å². The lowest BCUT2D eigenvalue weighted by atomic mass is 10.0. The van der Waals surface area contributed by atoms with Gasteiger partial charge in [-0.15, -0.1) is 0 Å². The van der Waals surface area contributed by atoms with Crippen LogP contribution in [0.2, 0.25) is 0 Å². The van der Waals surface area contributed by atoms with Gasteiger partial charge in [0, 0.05) is 12.3 Å². The summed E-state index contributed by atoms with van der Waals surface area (Å²) in [4.78, 5) is 15.4. The van der Waals surface area contributed by atoms with Gasteiger partial charge in [0.2, 0.25) is 0 Å². The van der Waals surface area contributed by atoms with Gasteiger partial charge in [-0.3, -0.25) is 0 Å². The van der Waals surface area contributed by atoms with E-state index in [0.717, 1.165) is 0 Å². The molecule has 0 radical (unpaired) electrons. The summed E-state index contributed by atoms with van der Waals surface area (Å²) >= 11 is 0. The third-order valence-corrected chi connectivity index (χ3v) is 2.59. The number of rotatable bonds is 5. The van der Waals surface area contributed by atoms with E-state index in [0.29, 0.717) is 23.8 Å². The highest BCUT2D eigenvalue weighted by atomic mass is 16.4. The highest BCUT2D eigenvalue weighted by molar-refractivity contribution is 5.76. The predicted molar refractivity (Wildman–Crippen MR) is 67.5 cm³/mol. The lowest BCUT2D eigenvalue weighted by Crippen LogP contribution is -2.31. The molecule has 0 fully saturated rings. The van der Waals surface area contributed by atoms with Crippen molar-refractivity contribution in [2.75, 3.05) is 5.32 Å². The maximum absolute atomic E-state index is 11.1. The summed E-state index contributed by atoms with van der Waals surface area (Å²) in [5.41, 5.74) is 0.689. The Bertz CT molecular complexity index is 550. The minimum atomic E-state index is -0.862. The highest BCUT2D eigenvalue weighted by Gasteiger charge is 2.19. The summed E-state index contributed by atoms with van der Waals surface area (Å²) < 4.78 is 1.63. The largest absolute Gasteiger partial charge is 0.480 e. The number of nitrogens with zero attached hydrogens (tertiary/aromatic N) is 3. The second-order valence-corrected chi connectivity index (χ2v) is 4.61. The second-order valence-electron chi connectivity index (χ2n) is 4.61. The first kappa shape index (κ1) is 12.3. The normalized spacial score (nSPS) is 12.8. The molecule has 0 aromatic carbocycles. The molecule has 0 aliphatic rings. The molecular weight excluding hydrogens is 232 g/mol. The van der Waals surface area contributed by atoms with Crippen molar-refractivity contribution < 1.29 is 9.90 Å². The summed E-state index contributed by atoms with van der Waals surface area (Å²) in [6, 6.07) is 2.86. The summed E-state index contributed by atoms with van der Waals surface area (Å²) in [6.45, 7) is 3.98. The number of fused-ring (bicyclic) bond motifs is 1. The van der Waals surface area contributed by atoms with E-state index in [4.69, 9.17) is 5.11 Å². The van der Waals surface area contributed by atoms with Crippen molar-refractivity contribution in [2.24, 2.45) is 5.92 Å². The molecule has 2 aromatic rings. The maximum atomic E-state index is 11.1. The molecular formula is C12H16N4O2. The van der Waals surface area contributed by atoms with Gasteiger partial charge in [-0.25, -0.2) is 14.3 Å². The van der Waals surface area contributed by atoms with Gasteiger partial charge in [0.25, 0.3) is 0 Å². The van der Waals surface area contributed by atoms with Gasteiger partial charge in [0.05, 0.1) is 6.20 Å². The van der Waals surface area contributed by atoms with Crippen LogP contribution in [0.25, 0.3) is 5.65 Å². The van der Waals surface area contributed by atoms with Crippen LogP contribution < -0.4 is 5.32 Å². The van der Waals surface area contributed by atoms with Gasteiger partial charge in [-0.2, -0.15) is 5.10 Å². The van der Waals surface area contributed by atoms with E-state index in [2.05, 4.69) is 15.4 Å². The van der Waals surface area contributed by atoms with Gasteiger partial charge < -0.3 is 10.4 Å². The van der Waals surface area contributed by atoms with Crippen LogP contribution in [-0.4, -0.2) is 31.7 Å². The second kappa shape index (κ2) is 5.03. The third kappa shape index (κ3) is 2.77. The molecule has 1 atom stereocenters. The van der Waals surface area contributed by atoms with Crippen LogP contribution in [0.3, 0.4) is 0 Å². The van der Waals surface area contributed by atoms with Crippen LogP contribution >= 0.6 is 0 Å². The SMILES string of the molecule is CC(C)CC(Nc1ccn2nccc2n1)C(=O)O. The third-order valence-electron chi connectivity index (χ3n) is 2.59. The van der Waals surface area contributed by atoms with Gasteiger partial charge in [-0.05, 0) is 18.4 Å². The minimum Gasteiger partial charge on any atom is -0.480 e. The number of aliphatic carboxylic acids is 1. The molecule has 0 spiro atoms. The van der Waals surface area contributed by atoms with Crippen LogP contribution in [-0.2, 0) is 4.79 Å². The zero-order chi connectivity index (χ0) is 13.1. The standard InChI is InChI=1S/C12H16N4O2/c1-8(2)7-9(12(17)18)14-10-4-6-16-11(15-10)3-5-13-16/h3-6,8-9H,7H2,1-2H3,(H,14,15)(H,17,18). The van der Waals surface area contributed by atoms with Gasteiger partial charge >= 0.3 is 5.97 Å². The molecule has 0 saturated carbocycles. The predicted octanol–water partition coefficient (Wildman–Crippen LogP) is 1.64. The van der Waals surface area contributed by atoms with Crippen molar-refractivity contribution in [1.82, 2.24) is 14.6 Å². The number of carboxylic acids is 1. The zero-order valence-corrected chi connectivity index (χ0v) is 10.4. The molecule has 2 heterocycles. The fourth-order valence-corrected chi connectivity index (χ4v) is 1.76. The van der Waals surface area contributed by atoms with Crippen molar-refractivity contribution in [3.63, 3.8) is 0 Å². The van der Waals surface area contributed by atoms with Crippen molar-refractivity contribution in [2.45, 2.75) is 26.3 Å². The Kier molecular flexibility index (Phi) is 3.45. The Morgan fingerprint density at radius 2 is 2.28 bits per heavy atom. The molecule has 2 rings (SSSR count). The number of nitrogens with one attached hydrogen (secondary N) is 1. The molecule has 0 saturated heterocycles. The van der Waals surface area contributed by atoms with E-state index >= 15 is 0 Å². The molecule has 2 N–H and O–H groups in total. The monoisotopic (exact) mass is 248 g/mol. The Morgan fingerprint density at radius 3 is 2.94 bits per heavy atom. The molecule has 2 aromatic heterocycles. The molecule has 0 amide bonds. The Hall–Kier alpha value is -2.11. The van der Waals surface area contributed by atoms with E-state index in [-0.39, 0.29) is 0 Å². The Balaban J connectivity index is 2.17. The summed E-state index contributed by atoms with van der Waals surface area (Å²) in [5.74, 6) is -0.00720. The smallest absolute Gasteiger partial charge is 0.326 e. The fraction of sp³-hybridized carbons (Fsp3) is 0.417. The van der Waals surface area contributed by atoms with E-state index in [9.17, 15) is 4.79 Å². The number of hydrogen-bond acceptors (Lipinski definition) is 4. The summed E-state index contributed by atoms with van der Waals surface area (Å²) in [6.07, 6.45) is 3.95. The van der Waals surface area contributed by atoms with Crippen LogP contribution in [0, 0.1) is 5.92 Å². The molecule has 0 aliphatic heterocycles. The van der Waals surface area contributed by atoms with Gasteiger partial charge in [-0.1, -0.05) is 13.8 Å². The number of hydrogen-bond donors (Lipinski definition) is 2. The van der Waals surface area contributed by atoms with Crippen molar-refractivity contribution >= 4 is 17.4 Å². The first-order chi connectivity index (χ1) is 8.56. The molecule has 18 heavy (non-hydrogen) atoms. The van der Waals surface area contributed by atoms with Crippen LogP contribution in [0.1, 0.15) is 20.3 Å². The number of aromatic nitrogens is 3. The van der Waals surface area contributed by atoms with Gasteiger partial charge in [0.15, 0.2) is 5.65 Å². The maximum Gasteiger partial charge on any atom is 0.326 e. The average Bonchev–Trinajstić information content (AvgIpc) is 2.74. The molecule has 1 unspecified atom stereocenters. The fourth-order valence-electron chi connectivity index (χ4n) is 1.76. The first-order valence-corrected chi connectivity index (χ1v) is 5.86. The Morgan fingerprint density at radius 1 is 1.50 bits per heavy atom. The number of carbonyl (C=O) groups is 1. The van der Waals surface area contributed by atoms with Crippen LogP contribution in [0.5, 0.6) is 0 Å². The molecule has 96 valence electrons. The average molecular weight is 248 g/mol. The topological polar surface area (TPSA) is 79.5 Å². The van der Waals surface area contributed by atoms with E-state index < -0.39 is 12.0 Å². The van der Waals surface area contributed by atoms with Crippen molar-refractivity contribution in [3.8, 4) is 0 Å². The first-order valence-electron chi connectivity index (χ1n) is 5.86. The lowest BCUT2D eigenvalue weighted by molar-refractivity contribution is -0.138. The molecule has 0 aliphatic carbocycles. The summed E-state index contributed by atoms with van der Waals surface area (Å²) in [5, 5.41) is 16.1. The zero-order valence-electron chi connectivity index (χ0n) is 10.4. The van der Waals surface area contributed by atoms with Crippen LogP contribution in [0.15, 0.2) is 24.5 Å². The molecule has 0 bridgehead atoms. The lowest BCUT2D eigenvalue weighted by Gasteiger charge is -2.16. The minimum absolute atomic E-state index is 0.303. The van der Waals surface area contributed by atoms with E-state index in [1.54, 1.807) is 29.0 Å². The quantitative estimate of drug-likeness (QED) is 0.840. The van der Waals surface area contributed by atoms with E-state index in [1.807, 2.05) is 13.8 Å². The number of carboxylic acid groups (broad SMARTS) is 1. The van der Waals surface area contributed by atoms with E-state index in [1.165, 1.54) is 0 Å². The van der Waals surface area contributed by atoms with Crippen LogP contribution in [0.4, 0.5) is 5.82 Å². The number of anilines is 1. The molecule has 6 nitrogen and oxygen atoms in total. The Labute approximate surface area is 105 Å². The highest BCUT2D eigenvalue weighted by Crippen LogP contribution is 2.12. The van der Waals surface area contributed by atoms with Gasteiger partial charge in [0.1, 0.15) is 11.9 Å². The molecule has 6 heteroatoms.